The third kappa shape index (κ3) is 3.17. The number of rotatable bonds is 2. The zero-order valence-corrected chi connectivity index (χ0v) is 22.1. The van der Waals surface area contributed by atoms with E-state index < -0.39 is 0 Å². The molecule has 6 aromatic rings. The zero-order chi connectivity index (χ0) is 25.5. The van der Waals surface area contributed by atoms with Gasteiger partial charge in [-0.25, -0.2) is 0 Å². The van der Waals surface area contributed by atoms with E-state index in [4.69, 9.17) is 4.42 Å². The Morgan fingerprint density at radius 3 is 1.65 bits per heavy atom. The van der Waals surface area contributed by atoms with Crippen molar-refractivity contribution in [2.24, 2.45) is 0 Å². The Balaban J connectivity index is 1.56. The number of hydrogen-bond donors (Lipinski definition) is 0. The molecule has 0 spiro atoms. The van der Waals surface area contributed by atoms with Crippen LogP contribution in [0.15, 0.2) is 95.4 Å². The first-order valence-corrected chi connectivity index (χ1v) is 13.1. The van der Waals surface area contributed by atoms with Crippen LogP contribution < -0.4 is 0 Å². The topological polar surface area (TPSA) is 13.1 Å². The average Bonchev–Trinajstić information content (AvgIpc) is 3.36. The molecule has 0 unspecified atom stereocenters. The average molecular weight is 479 g/mol. The molecule has 37 heavy (non-hydrogen) atoms. The van der Waals surface area contributed by atoms with Crippen LogP contribution in [0.2, 0.25) is 0 Å². The highest BCUT2D eigenvalue weighted by molar-refractivity contribution is 6.21. The summed E-state index contributed by atoms with van der Waals surface area (Å²) in [6.07, 6.45) is 0. The van der Waals surface area contributed by atoms with E-state index in [-0.39, 0.29) is 5.41 Å². The maximum absolute atomic E-state index is 6.16. The predicted molar refractivity (Wildman–Crippen MR) is 156 cm³/mol. The van der Waals surface area contributed by atoms with Gasteiger partial charge in [0.15, 0.2) is 0 Å². The summed E-state index contributed by atoms with van der Waals surface area (Å²) in [6, 6.07) is 33.9. The lowest BCUT2D eigenvalue weighted by atomic mass is 9.80. The van der Waals surface area contributed by atoms with Crippen molar-refractivity contribution in [3.05, 3.63) is 119 Å². The van der Waals surface area contributed by atoms with Gasteiger partial charge in [0.05, 0.1) is 0 Å². The molecule has 1 aromatic heterocycles. The molecule has 0 atom stereocenters. The standard InChI is InChI=1S/C36H30O/c1-21-16-22(2)18-25(17-21)34-28-12-8-6-10-26(28)33(27-11-7-9-13-29(27)34)24-14-15-30-31(20-24)36(4,5)32-19-23(3)37-35(30)32/h6-20H,1-5H3. The molecule has 1 heterocycles. The zero-order valence-electron chi connectivity index (χ0n) is 22.1. The Hall–Kier alpha value is -4.10. The smallest absolute Gasteiger partial charge is 0.138 e. The molecule has 0 saturated carbocycles. The minimum absolute atomic E-state index is 0.0942. The number of hydrogen-bond acceptors (Lipinski definition) is 1. The molecule has 7 rings (SSSR count). The van der Waals surface area contributed by atoms with Gasteiger partial charge in [0, 0.05) is 16.5 Å². The summed E-state index contributed by atoms with van der Waals surface area (Å²) in [5.41, 5.74) is 11.5. The van der Waals surface area contributed by atoms with Gasteiger partial charge in [0.2, 0.25) is 0 Å². The number of benzene rings is 5. The Labute approximate surface area is 218 Å². The monoisotopic (exact) mass is 478 g/mol. The minimum Gasteiger partial charge on any atom is -0.461 e. The van der Waals surface area contributed by atoms with Crippen LogP contribution in [0, 0.1) is 20.8 Å². The molecule has 1 aliphatic rings. The van der Waals surface area contributed by atoms with Crippen LogP contribution in [0.5, 0.6) is 0 Å². The fraction of sp³-hybridized carbons (Fsp3) is 0.167. The van der Waals surface area contributed by atoms with Gasteiger partial charge < -0.3 is 4.42 Å². The van der Waals surface area contributed by atoms with Gasteiger partial charge in [-0.1, -0.05) is 104 Å². The van der Waals surface area contributed by atoms with E-state index >= 15 is 0 Å². The van der Waals surface area contributed by atoms with Gasteiger partial charge in [0.1, 0.15) is 11.5 Å². The van der Waals surface area contributed by atoms with Gasteiger partial charge in [-0.05, 0) is 82.3 Å². The molecule has 0 radical (unpaired) electrons. The molecule has 0 N–H and O–H groups in total. The number of aryl methyl sites for hydroxylation is 3. The van der Waals surface area contributed by atoms with E-state index in [2.05, 4.69) is 119 Å². The molecule has 1 nitrogen and oxygen atoms in total. The second kappa shape index (κ2) is 7.70. The lowest BCUT2D eigenvalue weighted by Gasteiger charge is -2.22. The summed E-state index contributed by atoms with van der Waals surface area (Å²) in [6.45, 7) is 11.0. The third-order valence-corrected chi connectivity index (χ3v) is 8.20. The molecule has 1 heteroatoms. The van der Waals surface area contributed by atoms with Gasteiger partial charge >= 0.3 is 0 Å². The van der Waals surface area contributed by atoms with Crippen molar-refractivity contribution in [1.29, 1.82) is 0 Å². The van der Waals surface area contributed by atoms with Crippen LogP contribution in [0.25, 0.3) is 55.1 Å². The van der Waals surface area contributed by atoms with Crippen molar-refractivity contribution in [2.45, 2.75) is 40.0 Å². The van der Waals surface area contributed by atoms with Gasteiger partial charge in [-0.15, -0.1) is 0 Å². The van der Waals surface area contributed by atoms with E-state index in [1.807, 2.05) is 6.92 Å². The summed E-state index contributed by atoms with van der Waals surface area (Å²) in [4.78, 5) is 0. The van der Waals surface area contributed by atoms with E-state index in [1.54, 1.807) is 0 Å². The first kappa shape index (κ1) is 22.1. The van der Waals surface area contributed by atoms with Crippen LogP contribution in [0.4, 0.5) is 0 Å². The van der Waals surface area contributed by atoms with Gasteiger partial charge in [-0.2, -0.15) is 0 Å². The van der Waals surface area contributed by atoms with Crippen molar-refractivity contribution >= 4 is 21.5 Å². The summed E-state index contributed by atoms with van der Waals surface area (Å²) >= 11 is 0. The third-order valence-electron chi connectivity index (χ3n) is 8.20. The highest BCUT2D eigenvalue weighted by Crippen LogP contribution is 2.52. The first-order chi connectivity index (χ1) is 17.8. The number of furan rings is 1. The van der Waals surface area contributed by atoms with E-state index in [9.17, 15) is 0 Å². The summed E-state index contributed by atoms with van der Waals surface area (Å²) in [5.74, 6) is 2.01. The SMILES string of the molecule is Cc1cc(C)cc(-c2c3ccccc3c(-c3ccc4c(c3)C(C)(C)c3cc(C)oc3-4)c3ccccc23)c1. The summed E-state index contributed by atoms with van der Waals surface area (Å²) < 4.78 is 6.16. The van der Waals surface area contributed by atoms with Gasteiger partial charge in [-0.3, -0.25) is 0 Å². The van der Waals surface area contributed by atoms with Crippen LogP contribution in [0.3, 0.4) is 0 Å². The highest BCUT2D eigenvalue weighted by atomic mass is 16.3. The molecule has 5 aromatic carbocycles. The largest absolute Gasteiger partial charge is 0.461 e. The molecule has 0 fully saturated rings. The Morgan fingerprint density at radius 2 is 1.08 bits per heavy atom. The Bertz CT molecular complexity index is 1800. The fourth-order valence-electron chi connectivity index (χ4n) is 6.61. The van der Waals surface area contributed by atoms with Crippen LogP contribution >= 0.6 is 0 Å². The minimum atomic E-state index is -0.0942. The summed E-state index contributed by atoms with van der Waals surface area (Å²) in [5, 5.41) is 5.17. The maximum Gasteiger partial charge on any atom is 0.138 e. The second-order valence-corrected chi connectivity index (χ2v) is 11.2. The highest BCUT2D eigenvalue weighted by Gasteiger charge is 2.38. The lowest BCUT2D eigenvalue weighted by molar-refractivity contribution is 0.547. The molecule has 0 bridgehead atoms. The van der Waals surface area contributed by atoms with Crippen LogP contribution in [-0.2, 0) is 5.41 Å². The molecule has 0 aliphatic heterocycles. The molecule has 180 valence electrons. The Morgan fingerprint density at radius 1 is 0.541 bits per heavy atom. The van der Waals surface area contributed by atoms with Crippen molar-refractivity contribution in [2.75, 3.05) is 0 Å². The summed E-state index contributed by atoms with van der Waals surface area (Å²) in [7, 11) is 0. The molecule has 1 aliphatic carbocycles. The van der Waals surface area contributed by atoms with E-state index in [0.717, 1.165) is 11.5 Å². The lowest BCUT2D eigenvalue weighted by Crippen LogP contribution is -2.14. The predicted octanol–water partition coefficient (Wildman–Crippen LogP) is 10.2. The molecule has 0 saturated heterocycles. The van der Waals surface area contributed by atoms with E-state index in [0.29, 0.717) is 0 Å². The molecular weight excluding hydrogens is 448 g/mol. The van der Waals surface area contributed by atoms with Gasteiger partial charge in [0.25, 0.3) is 0 Å². The van der Waals surface area contributed by atoms with Crippen LogP contribution in [-0.4, -0.2) is 0 Å². The second-order valence-electron chi connectivity index (χ2n) is 11.2. The Kier molecular flexibility index (Phi) is 4.60. The van der Waals surface area contributed by atoms with E-state index in [1.165, 1.54) is 71.6 Å². The quantitative estimate of drug-likeness (QED) is 0.226. The normalized spacial score (nSPS) is 13.8. The molecule has 0 amide bonds. The first-order valence-electron chi connectivity index (χ1n) is 13.1. The van der Waals surface area contributed by atoms with Crippen molar-refractivity contribution in [3.8, 4) is 33.6 Å². The maximum atomic E-state index is 6.16. The van der Waals surface area contributed by atoms with Crippen molar-refractivity contribution in [3.63, 3.8) is 0 Å². The van der Waals surface area contributed by atoms with Crippen molar-refractivity contribution < 1.29 is 4.42 Å². The van der Waals surface area contributed by atoms with Crippen LogP contribution in [0.1, 0.15) is 41.9 Å². The molecular formula is C36H30O. The fourth-order valence-corrected chi connectivity index (χ4v) is 6.61. The van der Waals surface area contributed by atoms with Crippen molar-refractivity contribution in [1.82, 2.24) is 0 Å². The number of fused-ring (bicyclic) bond motifs is 5.